The van der Waals surface area contributed by atoms with Crippen molar-refractivity contribution in [2.45, 2.75) is 91.6 Å². The lowest BCUT2D eigenvalue weighted by Gasteiger charge is -2.18. The second-order valence-electron chi connectivity index (χ2n) is 6.09. The summed E-state index contributed by atoms with van der Waals surface area (Å²) in [7, 11) is 1.37. The smallest absolute Gasteiger partial charge is 0.305 e. The first kappa shape index (κ1) is 24.9. The molecule has 0 aromatic carbocycles. The van der Waals surface area contributed by atoms with Crippen molar-refractivity contribution in [2.75, 3.05) is 7.11 Å². The zero-order valence-corrected chi connectivity index (χ0v) is 18.2. The highest BCUT2D eigenvalue weighted by Crippen LogP contribution is 2.25. The van der Waals surface area contributed by atoms with Crippen molar-refractivity contribution in [1.29, 1.82) is 0 Å². The molecule has 0 saturated carbocycles. The Morgan fingerprint density at radius 1 is 0.833 bits per heavy atom. The van der Waals surface area contributed by atoms with Gasteiger partial charge in [-0.25, -0.2) is 0 Å². The van der Waals surface area contributed by atoms with Crippen LogP contribution in [-0.2, 0) is 9.53 Å². The van der Waals surface area contributed by atoms with Gasteiger partial charge in [0.1, 0.15) is 0 Å². The average Bonchev–Trinajstić information content (AvgIpc) is 2.56. The van der Waals surface area contributed by atoms with Crippen LogP contribution in [0.5, 0.6) is 0 Å². The Morgan fingerprint density at radius 2 is 1.46 bits per heavy atom. The highest BCUT2D eigenvalue weighted by molar-refractivity contribution is 6.30. The first-order valence-corrected chi connectivity index (χ1v) is 10.7. The van der Waals surface area contributed by atoms with Gasteiger partial charge < -0.3 is 4.74 Å². The lowest BCUT2D eigenvalue weighted by atomic mass is 10.0. The first-order chi connectivity index (χ1) is 11.3. The molecule has 0 amide bonds. The Morgan fingerprint density at radius 3 is 2.04 bits per heavy atom. The van der Waals surface area contributed by atoms with E-state index in [9.17, 15) is 4.79 Å². The second-order valence-corrected chi connectivity index (χ2v) is 9.06. The third kappa shape index (κ3) is 13.2. The molecule has 0 saturated heterocycles. The Labute approximate surface area is 171 Å². The van der Waals surface area contributed by atoms with E-state index in [1.165, 1.54) is 7.11 Å². The Hall–Kier alpha value is 0.920. The number of ether oxygens (including phenoxy) is 1. The number of halogens is 5. The van der Waals surface area contributed by atoms with Crippen LogP contribution in [0.4, 0.5) is 0 Å². The molecular weight excluding hydrogens is 413 g/mol. The third-order valence-corrected chi connectivity index (χ3v) is 6.48. The zero-order chi connectivity index (χ0) is 18.5. The largest absolute Gasteiger partial charge is 0.469 e. The Kier molecular flexibility index (Phi) is 15.6. The summed E-state index contributed by atoms with van der Waals surface area (Å²) in [5.41, 5.74) is 0. The summed E-state index contributed by atoms with van der Waals surface area (Å²) in [6.07, 6.45) is 6.81. The van der Waals surface area contributed by atoms with E-state index in [-0.39, 0.29) is 32.9 Å². The van der Waals surface area contributed by atoms with Gasteiger partial charge in [-0.1, -0.05) is 13.3 Å². The van der Waals surface area contributed by atoms with E-state index in [1.54, 1.807) is 0 Å². The predicted molar refractivity (Wildman–Crippen MR) is 107 cm³/mol. The number of esters is 1. The molecule has 0 N–H and O–H groups in total. The van der Waals surface area contributed by atoms with Gasteiger partial charge in [0.2, 0.25) is 0 Å². The van der Waals surface area contributed by atoms with E-state index in [2.05, 4.69) is 11.7 Å². The van der Waals surface area contributed by atoms with Gasteiger partial charge in [0, 0.05) is 33.3 Å². The lowest BCUT2D eigenvalue weighted by Crippen LogP contribution is -2.18. The van der Waals surface area contributed by atoms with Crippen LogP contribution in [0.15, 0.2) is 0 Å². The molecule has 0 heterocycles. The van der Waals surface area contributed by atoms with Gasteiger partial charge in [-0.3, -0.25) is 4.79 Å². The van der Waals surface area contributed by atoms with Gasteiger partial charge in [0.15, 0.2) is 0 Å². The minimum Gasteiger partial charge on any atom is -0.469 e. The van der Waals surface area contributed by atoms with Gasteiger partial charge >= 0.3 is 5.97 Å². The fraction of sp³-hybridized carbons (Fsp3) is 0.941. The molecule has 0 aliphatic carbocycles. The number of hydrogen-bond donors (Lipinski definition) is 0. The van der Waals surface area contributed by atoms with Crippen LogP contribution in [0.2, 0.25) is 0 Å². The van der Waals surface area contributed by atoms with E-state index < -0.39 is 0 Å². The normalized spacial score (nSPS) is 17.8. The minimum absolute atomic E-state index is 0.0869. The van der Waals surface area contributed by atoms with E-state index in [1.807, 2.05) is 0 Å². The SMILES string of the molecule is CCC(Cl)CC(Cl)CCCC(Cl)C(Cl)CCC(Cl)CCC(=O)OC. The predicted octanol–water partition coefficient (Wildman–Crippen LogP) is 6.73. The zero-order valence-electron chi connectivity index (χ0n) is 14.5. The van der Waals surface area contributed by atoms with Gasteiger partial charge in [0.05, 0.1) is 7.11 Å². The molecule has 0 aliphatic rings. The maximum atomic E-state index is 11.1. The van der Waals surface area contributed by atoms with Crippen LogP contribution in [-0.4, -0.2) is 40.0 Å². The third-order valence-electron chi connectivity index (χ3n) is 3.99. The molecule has 0 rings (SSSR count). The Bertz CT molecular complexity index is 330. The number of carbonyl (C=O) groups is 1. The van der Waals surface area contributed by atoms with Crippen molar-refractivity contribution in [2.24, 2.45) is 0 Å². The number of methoxy groups -OCH3 is 1. The number of hydrogen-bond acceptors (Lipinski definition) is 2. The van der Waals surface area contributed by atoms with Crippen molar-refractivity contribution in [3.8, 4) is 0 Å². The highest BCUT2D eigenvalue weighted by atomic mass is 35.5. The molecule has 2 nitrogen and oxygen atoms in total. The maximum Gasteiger partial charge on any atom is 0.305 e. The quantitative estimate of drug-likeness (QED) is 0.220. The first-order valence-electron chi connectivity index (χ1n) is 8.57. The number of alkyl halides is 5. The van der Waals surface area contributed by atoms with Crippen LogP contribution >= 0.6 is 58.0 Å². The molecule has 0 fully saturated rings. The highest BCUT2D eigenvalue weighted by Gasteiger charge is 2.19. The fourth-order valence-electron chi connectivity index (χ4n) is 2.32. The van der Waals surface area contributed by atoms with Gasteiger partial charge in [-0.05, 0) is 44.9 Å². The van der Waals surface area contributed by atoms with E-state index in [0.29, 0.717) is 12.8 Å². The molecule has 144 valence electrons. The monoisotopic (exact) mass is 440 g/mol. The molecule has 0 spiro atoms. The van der Waals surface area contributed by atoms with Crippen molar-refractivity contribution >= 4 is 64.0 Å². The summed E-state index contributed by atoms with van der Waals surface area (Å²) in [4.78, 5) is 11.1. The summed E-state index contributed by atoms with van der Waals surface area (Å²) in [6, 6.07) is 0. The number of carbonyl (C=O) groups excluding carboxylic acids is 1. The van der Waals surface area contributed by atoms with Gasteiger partial charge in [0.25, 0.3) is 0 Å². The van der Waals surface area contributed by atoms with E-state index in [0.717, 1.165) is 44.9 Å². The maximum absolute atomic E-state index is 11.1. The van der Waals surface area contributed by atoms with Crippen molar-refractivity contribution in [3.05, 3.63) is 0 Å². The number of rotatable bonds is 14. The second kappa shape index (κ2) is 15.0. The molecule has 24 heavy (non-hydrogen) atoms. The summed E-state index contributed by atoms with van der Waals surface area (Å²) in [6.45, 7) is 2.06. The fourth-order valence-corrected chi connectivity index (χ4v) is 3.76. The summed E-state index contributed by atoms with van der Waals surface area (Å²) in [5.74, 6) is -0.240. The molecule has 0 radical (unpaired) electrons. The molecule has 0 aromatic heterocycles. The topological polar surface area (TPSA) is 26.3 Å². The summed E-state index contributed by atoms with van der Waals surface area (Å²) >= 11 is 31.3. The average molecular weight is 443 g/mol. The van der Waals surface area contributed by atoms with Crippen molar-refractivity contribution < 1.29 is 9.53 Å². The van der Waals surface area contributed by atoms with Crippen LogP contribution in [0, 0.1) is 0 Å². The van der Waals surface area contributed by atoms with Crippen LogP contribution < -0.4 is 0 Å². The standard InChI is InChI=1S/C17H29Cl5O2/c1-3-12(18)11-14(20)5-4-6-15(21)16(22)9-7-13(19)8-10-17(23)24-2/h12-16H,3-11H2,1-2H3. The molecule has 0 aliphatic heterocycles. The molecule has 5 atom stereocenters. The summed E-state index contributed by atoms with van der Waals surface area (Å²) < 4.78 is 4.60. The van der Waals surface area contributed by atoms with E-state index in [4.69, 9.17) is 58.0 Å². The van der Waals surface area contributed by atoms with Gasteiger partial charge in [-0.15, -0.1) is 58.0 Å². The van der Waals surface area contributed by atoms with E-state index >= 15 is 0 Å². The molecular formula is C17H29Cl5O2. The van der Waals surface area contributed by atoms with Crippen molar-refractivity contribution in [1.82, 2.24) is 0 Å². The molecule has 0 bridgehead atoms. The van der Waals surface area contributed by atoms with Crippen LogP contribution in [0.1, 0.15) is 64.7 Å². The molecule has 0 aromatic rings. The van der Waals surface area contributed by atoms with Gasteiger partial charge in [-0.2, -0.15) is 0 Å². The Balaban J connectivity index is 3.82. The minimum atomic E-state index is -0.240. The molecule has 5 unspecified atom stereocenters. The van der Waals surface area contributed by atoms with Crippen molar-refractivity contribution in [3.63, 3.8) is 0 Å². The lowest BCUT2D eigenvalue weighted by molar-refractivity contribution is -0.140. The summed E-state index contributed by atoms with van der Waals surface area (Å²) in [5, 5.41) is -0.0771. The van der Waals surface area contributed by atoms with Crippen LogP contribution in [0.3, 0.4) is 0 Å². The molecule has 7 heteroatoms. The van der Waals surface area contributed by atoms with Crippen LogP contribution in [0.25, 0.3) is 0 Å².